The van der Waals surface area contributed by atoms with Crippen molar-refractivity contribution in [1.82, 2.24) is 0 Å². The zero-order valence-corrected chi connectivity index (χ0v) is 18.2. The second kappa shape index (κ2) is 10.7. The van der Waals surface area contributed by atoms with E-state index in [1.54, 1.807) is 12.1 Å². The third-order valence-electron chi connectivity index (χ3n) is 4.11. The number of rotatable bonds is 6. The quantitative estimate of drug-likeness (QED) is 0.293. The normalized spacial score (nSPS) is 14.2. The van der Waals surface area contributed by atoms with Gasteiger partial charge in [0.1, 0.15) is 14.7 Å². The van der Waals surface area contributed by atoms with Gasteiger partial charge in [-0.15, -0.1) is 0 Å². The molecule has 0 bridgehead atoms. The smallest absolute Gasteiger partial charge is 0.790 e. The molecular weight excluding hydrogens is 412 g/mol. The van der Waals surface area contributed by atoms with E-state index in [1.165, 1.54) is 60.7 Å². The average Bonchev–Trinajstić information content (AvgIpc) is 2.74. The molecule has 0 aliphatic rings. The van der Waals surface area contributed by atoms with Crippen LogP contribution in [0.5, 0.6) is 0 Å². The van der Waals surface area contributed by atoms with Crippen molar-refractivity contribution in [2.75, 3.05) is 0 Å². The maximum atomic E-state index is 12.7. The summed E-state index contributed by atoms with van der Waals surface area (Å²) in [5, 5.41) is -0.425. The molecule has 0 aliphatic carbocycles. The summed E-state index contributed by atoms with van der Waals surface area (Å²) in [7, 11) is -9.56. The Morgan fingerprint density at radius 3 is 1.10 bits per heavy atom. The topological polar surface area (TPSA) is 114 Å². The summed E-state index contributed by atoms with van der Waals surface area (Å²) in [4.78, 5) is 50.8. The van der Waals surface area contributed by atoms with Crippen LogP contribution in [-0.4, -0.2) is 11.0 Å². The predicted molar refractivity (Wildman–Crippen MR) is 102 cm³/mol. The number of carbonyl (C=O) groups is 2. The summed E-state index contributed by atoms with van der Waals surface area (Å²) < 4.78 is 25.3. The van der Waals surface area contributed by atoms with Crippen molar-refractivity contribution in [3.05, 3.63) is 96.1 Å². The Balaban J connectivity index is 0.00000225. The molecule has 2 unspecified atom stereocenters. The van der Waals surface area contributed by atoms with E-state index in [0.717, 1.165) is 12.1 Å². The molecule has 30 heavy (non-hydrogen) atoms. The Bertz CT molecular complexity index is 1050. The van der Waals surface area contributed by atoms with E-state index < -0.39 is 36.9 Å². The molecule has 2 atom stereocenters. The second-order valence-electron chi connectivity index (χ2n) is 5.93. The van der Waals surface area contributed by atoms with E-state index in [9.17, 15) is 28.5 Å². The zero-order valence-electron chi connectivity index (χ0n) is 16.4. The first-order valence-corrected chi connectivity index (χ1v) is 11.4. The molecule has 0 spiro atoms. The number of hydrogen-bond donors (Lipinski definition) is 0. The molecule has 3 aromatic carbocycles. The van der Waals surface area contributed by atoms with Crippen LogP contribution < -0.4 is 58.1 Å². The molecular formula is C20H14Li2O6P2. The van der Waals surface area contributed by atoms with Crippen LogP contribution in [0.2, 0.25) is 0 Å². The van der Waals surface area contributed by atoms with Gasteiger partial charge in [0, 0.05) is 21.7 Å². The molecule has 3 aromatic rings. The van der Waals surface area contributed by atoms with E-state index in [1.807, 2.05) is 0 Å². The Morgan fingerprint density at radius 1 is 0.533 bits per heavy atom. The van der Waals surface area contributed by atoms with Gasteiger partial charge in [-0.2, -0.15) is 0 Å². The summed E-state index contributed by atoms with van der Waals surface area (Å²) in [6.45, 7) is 0. The van der Waals surface area contributed by atoms with E-state index in [-0.39, 0.29) is 48.3 Å². The average molecular weight is 426 g/mol. The van der Waals surface area contributed by atoms with Gasteiger partial charge in [0.15, 0.2) is 0 Å². The molecule has 0 N–H and O–H groups in total. The van der Waals surface area contributed by atoms with Gasteiger partial charge in [-0.05, 0) is 0 Å². The van der Waals surface area contributed by atoms with Crippen molar-refractivity contribution < 1.29 is 66.2 Å². The fourth-order valence-corrected chi connectivity index (χ4v) is 5.28. The van der Waals surface area contributed by atoms with E-state index >= 15 is 0 Å². The molecule has 0 fully saturated rings. The van der Waals surface area contributed by atoms with Gasteiger partial charge < -0.3 is 18.9 Å². The van der Waals surface area contributed by atoms with Crippen molar-refractivity contribution in [1.29, 1.82) is 0 Å². The molecule has 0 saturated carbocycles. The van der Waals surface area contributed by atoms with Crippen LogP contribution in [0.1, 0.15) is 20.7 Å². The first kappa shape index (κ1) is 26.6. The van der Waals surface area contributed by atoms with Gasteiger partial charge in [-0.3, -0.25) is 9.59 Å². The van der Waals surface area contributed by atoms with E-state index in [4.69, 9.17) is 0 Å². The summed E-state index contributed by atoms with van der Waals surface area (Å²) in [5.41, 5.74) is -3.56. The van der Waals surface area contributed by atoms with Gasteiger partial charge in [0.2, 0.25) is 11.0 Å². The molecule has 0 aliphatic heterocycles. The van der Waals surface area contributed by atoms with Crippen LogP contribution in [0, 0.1) is 0 Å². The van der Waals surface area contributed by atoms with Crippen LogP contribution in [-0.2, 0) is 9.13 Å². The molecule has 6 nitrogen and oxygen atoms in total. The van der Waals surface area contributed by atoms with Crippen molar-refractivity contribution in [2.24, 2.45) is 0 Å². The first-order chi connectivity index (χ1) is 13.3. The van der Waals surface area contributed by atoms with Crippen molar-refractivity contribution >= 4 is 36.4 Å². The minimum absolute atomic E-state index is 0. The summed E-state index contributed by atoms with van der Waals surface area (Å²) >= 11 is 0. The van der Waals surface area contributed by atoms with Crippen LogP contribution in [0.25, 0.3) is 0 Å². The minimum atomic E-state index is -4.78. The largest absolute Gasteiger partial charge is 1.00 e. The van der Waals surface area contributed by atoms with Gasteiger partial charge >= 0.3 is 37.7 Å². The number of benzene rings is 3. The first-order valence-electron chi connectivity index (χ1n) is 8.18. The van der Waals surface area contributed by atoms with Crippen LogP contribution in [0.15, 0.2) is 84.9 Å². The van der Waals surface area contributed by atoms with Crippen LogP contribution >= 0.6 is 14.7 Å². The van der Waals surface area contributed by atoms with Crippen molar-refractivity contribution in [3.8, 4) is 0 Å². The molecule has 0 heterocycles. The molecule has 0 saturated heterocycles. The van der Waals surface area contributed by atoms with E-state index in [0.29, 0.717) is 0 Å². The van der Waals surface area contributed by atoms with E-state index in [2.05, 4.69) is 0 Å². The van der Waals surface area contributed by atoms with Gasteiger partial charge in [0.25, 0.3) is 0 Å². The molecule has 0 aromatic heterocycles. The molecule has 142 valence electrons. The van der Waals surface area contributed by atoms with Crippen molar-refractivity contribution in [2.45, 2.75) is 0 Å². The third-order valence-corrected chi connectivity index (χ3v) is 7.62. The maximum absolute atomic E-state index is 12.7. The minimum Gasteiger partial charge on any atom is -0.790 e. The van der Waals surface area contributed by atoms with Gasteiger partial charge in [-0.1, -0.05) is 84.9 Å². The van der Waals surface area contributed by atoms with Gasteiger partial charge in [0.05, 0.1) is 0 Å². The Kier molecular flexibility index (Phi) is 9.53. The predicted octanol–water partition coefficient (Wildman–Crippen LogP) is -4.10. The summed E-state index contributed by atoms with van der Waals surface area (Å²) in [6, 6.07) is 19.1. The Labute approximate surface area is 198 Å². The monoisotopic (exact) mass is 426 g/mol. The third kappa shape index (κ3) is 5.24. The fourth-order valence-electron chi connectivity index (χ4n) is 2.66. The number of carbonyl (C=O) groups excluding carboxylic acids is 2. The molecule has 3 rings (SSSR count). The maximum Gasteiger partial charge on any atom is 1.00 e. The standard InChI is InChI=1S/C20H16O6P2.2Li/c21-19(27(23,24)15-9-3-1-4-10-15)17-13-7-8-14-18(17)20(22)28(25,26)16-11-5-2-6-12-16;;/h1-14H,(H,23,24)(H,25,26);;/q;2*+1/p-2. The fraction of sp³-hybridized carbons (Fsp3) is 0. The SMILES string of the molecule is O=C(c1ccccc1C(=O)P(=O)([O-])c1ccccc1)P(=O)([O-])c1ccccc1.[Li+].[Li+]. The second-order valence-corrected chi connectivity index (χ2v) is 9.98. The molecule has 10 heteroatoms. The summed E-state index contributed by atoms with van der Waals surface area (Å²) in [5.74, 6) is 0. The Hall–Kier alpha value is -1.43. The van der Waals surface area contributed by atoms with Crippen molar-refractivity contribution in [3.63, 3.8) is 0 Å². The molecule has 0 radical (unpaired) electrons. The van der Waals surface area contributed by atoms with Crippen LogP contribution in [0.4, 0.5) is 0 Å². The van der Waals surface area contributed by atoms with Gasteiger partial charge in [-0.25, -0.2) is 0 Å². The number of hydrogen-bond acceptors (Lipinski definition) is 6. The molecule has 0 amide bonds. The zero-order chi connectivity index (χ0) is 20.4. The van der Waals surface area contributed by atoms with Crippen LogP contribution in [0.3, 0.4) is 0 Å². The summed E-state index contributed by atoms with van der Waals surface area (Å²) in [6.07, 6.45) is 0. The Morgan fingerprint density at radius 2 is 0.800 bits per heavy atom.